The Balaban J connectivity index is 1.73. The van der Waals surface area contributed by atoms with Crippen LogP contribution in [0, 0.1) is 6.92 Å². The third-order valence-corrected chi connectivity index (χ3v) is 3.93. The van der Waals surface area contributed by atoms with Crippen LogP contribution in [0.4, 0.5) is 8.78 Å². The van der Waals surface area contributed by atoms with E-state index in [1.807, 2.05) is 31.2 Å². The summed E-state index contributed by atoms with van der Waals surface area (Å²) in [4.78, 5) is 16.4. The highest BCUT2D eigenvalue weighted by molar-refractivity contribution is 6.01. The second-order valence-electron chi connectivity index (χ2n) is 5.97. The van der Waals surface area contributed by atoms with Crippen molar-refractivity contribution in [2.45, 2.75) is 27.0 Å². The monoisotopic (exact) mass is 372 g/mol. The number of ether oxygens (including phenoxy) is 1. The summed E-state index contributed by atoms with van der Waals surface area (Å²) >= 11 is 0. The predicted molar refractivity (Wildman–Crippen MR) is 97.9 cm³/mol. The lowest BCUT2D eigenvalue weighted by Gasteiger charge is -2.11. The average Bonchev–Trinajstić information content (AvgIpc) is 3.04. The molecule has 0 radical (unpaired) electrons. The van der Waals surface area contributed by atoms with E-state index < -0.39 is 6.61 Å². The fraction of sp³-hybridized carbons (Fsp3) is 0.211. The summed E-state index contributed by atoms with van der Waals surface area (Å²) in [5.41, 5.74) is 5.67. The molecule has 140 valence electrons. The molecule has 0 saturated carbocycles. The molecule has 0 fully saturated rings. The van der Waals surface area contributed by atoms with Crippen molar-refractivity contribution in [1.29, 1.82) is 0 Å². The van der Waals surface area contributed by atoms with Gasteiger partial charge in [-0.05, 0) is 38.1 Å². The maximum absolute atomic E-state index is 12.6. The Bertz CT molecular complexity index is 998. The Hall–Kier alpha value is -3.29. The Morgan fingerprint density at radius 1 is 1.30 bits per heavy atom. The van der Waals surface area contributed by atoms with Gasteiger partial charge in [-0.2, -0.15) is 13.9 Å². The van der Waals surface area contributed by atoms with Gasteiger partial charge in [0.2, 0.25) is 0 Å². The third-order valence-electron chi connectivity index (χ3n) is 3.93. The maximum atomic E-state index is 12.6. The lowest BCUT2D eigenvalue weighted by atomic mass is 10.1. The molecule has 0 atom stereocenters. The summed E-state index contributed by atoms with van der Waals surface area (Å²) < 4.78 is 31.4. The van der Waals surface area contributed by atoms with E-state index in [0.717, 1.165) is 16.6 Å². The zero-order valence-corrected chi connectivity index (χ0v) is 14.8. The molecule has 1 amide bonds. The van der Waals surface area contributed by atoms with Gasteiger partial charge in [-0.3, -0.25) is 4.79 Å². The minimum atomic E-state index is -2.94. The van der Waals surface area contributed by atoms with Gasteiger partial charge in [-0.25, -0.2) is 10.4 Å². The number of hydrogen-bond donors (Lipinski definition) is 1. The van der Waals surface area contributed by atoms with Crippen LogP contribution in [0.5, 0.6) is 5.75 Å². The largest absolute Gasteiger partial charge is 0.434 e. The van der Waals surface area contributed by atoms with Gasteiger partial charge < -0.3 is 9.30 Å². The summed E-state index contributed by atoms with van der Waals surface area (Å²) in [5.74, 6) is -0.354. The molecule has 1 aromatic heterocycles. The smallest absolute Gasteiger partial charge is 0.387 e. The summed E-state index contributed by atoms with van der Waals surface area (Å²) in [5, 5.41) is 4.02. The van der Waals surface area contributed by atoms with Crippen molar-refractivity contribution in [1.82, 2.24) is 15.0 Å². The highest BCUT2D eigenvalue weighted by Gasteiger charge is 2.13. The predicted octanol–water partition coefficient (Wildman–Crippen LogP) is 3.49. The van der Waals surface area contributed by atoms with Crippen molar-refractivity contribution in [3.63, 3.8) is 0 Å². The van der Waals surface area contributed by atoms with E-state index in [4.69, 9.17) is 0 Å². The lowest BCUT2D eigenvalue weighted by molar-refractivity contribution is -0.121. The summed E-state index contributed by atoms with van der Waals surface area (Å²) in [7, 11) is 0. The fourth-order valence-corrected chi connectivity index (χ4v) is 2.66. The molecule has 3 rings (SSSR count). The standard InChI is InChI=1S/C19H18F2N4O2/c1-12-7-8-17(27-19(20)21)14(9-12)13(2)23-24-18(26)10-25-11-22-15-5-3-4-6-16(15)25/h3-9,11,19H,10H2,1-2H3,(H,24,26). The van der Waals surface area contributed by atoms with Crippen molar-refractivity contribution in [2.24, 2.45) is 5.10 Å². The lowest BCUT2D eigenvalue weighted by Crippen LogP contribution is -2.24. The highest BCUT2D eigenvalue weighted by atomic mass is 19.3. The number of amides is 1. The number of aryl methyl sites for hydroxylation is 1. The van der Waals surface area contributed by atoms with E-state index in [0.29, 0.717) is 11.3 Å². The van der Waals surface area contributed by atoms with E-state index in [2.05, 4.69) is 20.2 Å². The number of aromatic nitrogens is 2. The number of nitrogens with zero attached hydrogens (tertiary/aromatic N) is 3. The van der Waals surface area contributed by atoms with Gasteiger partial charge in [0.1, 0.15) is 12.3 Å². The molecule has 8 heteroatoms. The average molecular weight is 372 g/mol. The number of nitrogens with one attached hydrogen (secondary N) is 1. The number of rotatable bonds is 6. The zero-order chi connectivity index (χ0) is 19.4. The number of hydrogen-bond acceptors (Lipinski definition) is 4. The Kier molecular flexibility index (Phi) is 5.44. The van der Waals surface area contributed by atoms with E-state index in [-0.39, 0.29) is 18.2 Å². The molecule has 1 heterocycles. The first-order valence-corrected chi connectivity index (χ1v) is 8.23. The first-order valence-electron chi connectivity index (χ1n) is 8.23. The minimum absolute atomic E-state index is 0.00621. The van der Waals surface area contributed by atoms with Crippen LogP contribution < -0.4 is 10.2 Å². The van der Waals surface area contributed by atoms with Gasteiger partial charge in [0.15, 0.2) is 0 Å². The summed E-state index contributed by atoms with van der Waals surface area (Å²) in [6.45, 7) is 0.528. The molecule has 6 nitrogen and oxygen atoms in total. The fourth-order valence-electron chi connectivity index (χ4n) is 2.66. The van der Waals surface area contributed by atoms with Crippen molar-refractivity contribution >= 4 is 22.7 Å². The zero-order valence-electron chi connectivity index (χ0n) is 14.8. The molecule has 1 N–H and O–H groups in total. The van der Waals surface area contributed by atoms with E-state index in [1.165, 1.54) is 6.07 Å². The summed E-state index contributed by atoms with van der Waals surface area (Å²) in [6.07, 6.45) is 1.58. The van der Waals surface area contributed by atoms with Crippen LogP contribution in [-0.2, 0) is 11.3 Å². The van der Waals surface area contributed by atoms with Gasteiger partial charge in [0.25, 0.3) is 5.91 Å². The van der Waals surface area contributed by atoms with Crippen molar-refractivity contribution in [3.05, 3.63) is 59.9 Å². The third kappa shape index (κ3) is 4.46. The minimum Gasteiger partial charge on any atom is -0.434 e. The van der Waals surface area contributed by atoms with E-state index >= 15 is 0 Å². The number of carbonyl (C=O) groups is 1. The molecular weight excluding hydrogens is 354 g/mol. The molecule has 0 saturated heterocycles. The van der Waals surface area contributed by atoms with Crippen molar-refractivity contribution in [2.75, 3.05) is 0 Å². The van der Waals surface area contributed by atoms with Gasteiger partial charge in [-0.15, -0.1) is 0 Å². The Morgan fingerprint density at radius 2 is 2.07 bits per heavy atom. The number of hydrazone groups is 1. The first kappa shape index (κ1) is 18.5. The number of benzene rings is 2. The molecule has 0 aliphatic rings. The number of carbonyl (C=O) groups excluding carboxylic acids is 1. The first-order chi connectivity index (χ1) is 12.9. The second kappa shape index (κ2) is 7.94. The van der Waals surface area contributed by atoms with Crippen LogP contribution in [0.25, 0.3) is 11.0 Å². The highest BCUT2D eigenvalue weighted by Crippen LogP contribution is 2.22. The van der Waals surface area contributed by atoms with Crippen LogP contribution in [0.1, 0.15) is 18.1 Å². The number of imidazole rings is 1. The molecule has 3 aromatic rings. The molecule has 27 heavy (non-hydrogen) atoms. The van der Waals surface area contributed by atoms with Gasteiger partial charge in [-0.1, -0.05) is 23.8 Å². The number of alkyl halides is 2. The van der Waals surface area contributed by atoms with Crippen LogP contribution in [0.2, 0.25) is 0 Å². The quantitative estimate of drug-likeness (QED) is 0.532. The van der Waals surface area contributed by atoms with Crippen molar-refractivity contribution < 1.29 is 18.3 Å². The Labute approximate surface area is 154 Å². The van der Waals surface area contributed by atoms with Crippen molar-refractivity contribution in [3.8, 4) is 5.75 Å². The molecule has 0 aliphatic heterocycles. The van der Waals surface area contributed by atoms with Crippen LogP contribution in [0.3, 0.4) is 0 Å². The number of fused-ring (bicyclic) bond motifs is 1. The van der Waals surface area contributed by atoms with E-state index in [1.54, 1.807) is 30.0 Å². The normalized spacial score (nSPS) is 11.8. The summed E-state index contributed by atoms with van der Waals surface area (Å²) in [6, 6.07) is 12.2. The van der Waals surface area contributed by atoms with E-state index in [9.17, 15) is 13.6 Å². The second-order valence-corrected chi connectivity index (χ2v) is 5.97. The molecular formula is C19H18F2N4O2. The Morgan fingerprint density at radius 3 is 2.85 bits per heavy atom. The number of para-hydroxylation sites is 2. The molecule has 2 aromatic carbocycles. The number of halogens is 2. The topological polar surface area (TPSA) is 68.5 Å². The molecule has 0 unspecified atom stereocenters. The van der Waals surface area contributed by atoms with Gasteiger partial charge >= 0.3 is 6.61 Å². The SMILES string of the molecule is CC(=NNC(=O)Cn1cnc2ccccc21)c1cc(C)ccc1OC(F)F. The maximum Gasteiger partial charge on any atom is 0.387 e. The molecule has 0 spiro atoms. The van der Waals surface area contributed by atoms with Crippen LogP contribution >= 0.6 is 0 Å². The van der Waals surface area contributed by atoms with Crippen LogP contribution in [0.15, 0.2) is 53.9 Å². The van der Waals surface area contributed by atoms with Gasteiger partial charge in [0.05, 0.1) is 23.1 Å². The van der Waals surface area contributed by atoms with Gasteiger partial charge in [0, 0.05) is 5.56 Å². The molecule has 0 bridgehead atoms. The van der Waals surface area contributed by atoms with Crippen LogP contribution in [-0.4, -0.2) is 27.8 Å². The molecule has 0 aliphatic carbocycles.